The molecule has 2 rings (SSSR count). The first-order valence-corrected chi connectivity index (χ1v) is 9.90. The van der Waals surface area contributed by atoms with Gasteiger partial charge in [0.1, 0.15) is 0 Å². The molecule has 1 saturated heterocycles. The molecule has 1 aromatic heterocycles. The lowest BCUT2D eigenvalue weighted by atomic mass is 10.1. The summed E-state index contributed by atoms with van der Waals surface area (Å²) in [7, 11) is -7.98. The Kier molecular flexibility index (Phi) is 7.80. The molecule has 3 unspecified atom stereocenters. The first kappa shape index (κ1) is 20.0. The molecule has 1 fully saturated rings. The highest BCUT2D eigenvalue weighted by Crippen LogP contribution is 2.55. The van der Waals surface area contributed by atoms with Gasteiger partial charge in [-0.15, -0.1) is 0 Å². The lowest BCUT2D eigenvalue weighted by Gasteiger charge is -2.17. The number of ether oxygens (including phenoxy) is 1. The number of hydrogen-bond acceptors (Lipinski definition) is 10. The van der Waals surface area contributed by atoms with Gasteiger partial charge in [-0.3, -0.25) is 9.78 Å². The third-order valence-electron chi connectivity index (χ3n) is 2.96. The van der Waals surface area contributed by atoms with Gasteiger partial charge in [-0.25, -0.2) is 13.4 Å². The maximum atomic E-state index is 11.7. The molecule has 2 heterocycles. The van der Waals surface area contributed by atoms with Gasteiger partial charge in [-0.2, -0.15) is 0 Å². The van der Waals surface area contributed by atoms with Crippen molar-refractivity contribution in [1.29, 1.82) is 0 Å². The Morgan fingerprint density at radius 3 is 2.58 bits per heavy atom. The maximum absolute atomic E-state index is 11.7. The highest BCUT2D eigenvalue weighted by Gasteiger charge is 2.30. The fourth-order valence-electron chi connectivity index (χ4n) is 2.02. The molecule has 1 aliphatic rings. The van der Waals surface area contributed by atoms with Gasteiger partial charge >= 0.3 is 31.5 Å². The van der Waals surface area contributed by atoms with Crippen LogP contribution in [0.3, 0.4) is 0 Å². The third-order valence-corrected chi connectivity index (χ3v) is 5.59. The van der Waals surface area contributed by atoms with Crippen molar-refractivity contribution in [2.75, 3.05) is 6.61 Å². The van der Waals surface area contributed by atoms with Crippen LogP contribution in [-0.4, -0.2) is 42.3 Å². The van der Waals surface area contributed by atoms with Gasteiger partial charge in [0.05, 0.1) is 24.4 Å². The van der Waals surface area contributed by atoms with Gasteiger partial charge in [0, 0.05) is 6.20 Å². The van der Waals surface area contributed by atoms with Crippen LogP contribution in [0.15, 0.2) is 15.8 Å². The molecule has 0 saturated carbocycles. The van der Waals surface area contributed by atoms with E-state index in [-0.39, 0.29) is 12.2 Å². The van der Waals surface area contributed by atoms with Crippen molar-refractivity contribution < 1.29 is 37.5 Å². The summed E-state index contributed by atoms with van der Waals surface area (Å²) in [6.07, 6.45) is 1.39. The zero-order valence-corrected chi connectivity index (χ0v) is 14.6. The number of H-pyrrole nitrogens is 2. The standard InChI is InChI=1S/C9H15N2O10P3/c12-8-6(3-10-9(13)11-8)7-2-1-5(19-7)4-18-23(16)21-24(17)20-22(14)15/h3,5,7,14-17H,1-2,4H2,(H2,10,11,12,13)/t5?,7-,23?,24?/m1/s1. The molecule has 0 bridgehead atoms. The predicted octanol–water partition coefficient (Wildman–Crippen LogP) is -0.0170. The SMILES string of the molecule is O=c1[nH]cc([C@H]2CCC(COP(O)OP(O)OP(O)O)O2)c(=O)[nH]1. The minimum Gasteiger partial charge on any atom is -0.368 e. The van der Waals surface area contributed by atoms with Crippen LogP contribution in [0.2, 0.25) is 0 Å². The molecule has 12 nitrogen and oxygen atoms in total. The van der Waals surface area contributed by atoms with Gasteiger partial charge in [0.25, 0.3) is 5.56 Å². The summed E-state index contributed by atoms with van der Waals surface area (Å²) >= 11 is 0. The molecule has 24 heavy (non-hydrogen) atoms. The van der Waals surface area contributed by atoms with E-state index < -0.39 is 49.3 Å². The normalized spacial score (nSPS) is 23.5. The van der Waals surface area contributed by atoms with E-state index in [1.807, 2.05) is 0 Å². The Hall–Kier alpha value is -0.350. The van der Waals surface area contributed by atoms with Crippen LogP contribution in [0.1, 0.15) is 24.5 Å². The van der Waals surface area contributed by atoms with Crippen molar-refractivity contribution in [2.24, 2.45) is 0 Å². The largest absolute Gasteiger partial charge is 0.368 e. The van der Waals surface area contributed by atoms with Gasteiger partial charge in [-0.1, -0.05) is 0 Å². The first-order chi connectivity index (χ1) is 11.3. The van der Waals surface area contributed by atoms with Gasteiger partial charge in [0.2, 0.25) is 0 Å². The molecule has 15 heteroatoms. The monoisotopic (exact) mass is 404 g/mol. The lowest BCUT2D eigenvalue weighted by Crippen LogP contribution is -2.26. The van der Waals surface area contributed by atoms with Crippen molar-refractivity contribution in [3.63, 3.8) is 0 Å². The van der Waals surface area contributed by atoms with Gasteiger partial charge in [0.15, 0.2) is 0 Å². The molecule has 4 atom stereocenters. The highest BCUT2D eigenvalue weighted by molar-refractivity contribution is 7.60. The van der Waals surface area contributed by atoms with Crippen molar-refractivity contribution in [3.8, 4) is 0 Å². The van der Waals surface area contributed by atoms with E-state index in [1.54, 1.807) is 0 Å². The van der Waals surface area contributed by atoms with E-state index in [9.17, 15) is 14.5 Å². The number of nitrogens with one attached hydrogen (secondary N) is 2. The topological polar surface area (TPSA) is 184 Å². The highest BCUT2D eigenvalue weighted by atomic mass is 31.3. The Morgan fingerprint density at radius 1 is 1.17 bits per heavy atom. The van der Waals surface area contributed by atoms with E-state index in [4.69, 9.17) is 23.9 Å². The van der Waals surface area contributed by atoms with E-state index in [0.717, 1.165) is 0 Å². The zero-order valence-electron chi connectivity index (χ0n) is 11.9. The Morgan fingerprint density at radius 2 is 1.92 bits per heavy atom. The Labute approximate surface area is 138 Å². The second-order valence-electron chi connectivity index (χ2n) is 4.54. The van der Waals surface area contributed by atoms with Crippen molar-refractivity contribution in [2.45, 2.75) is 25.0 Å². The number of aromatic amines is 2. The zero-order chi connectivity index (χ0) is 17.7. The van der Waals surface area contributed by atoms with Crippen LogP contribution >= 0.6 is 25.8 Å². The van der Waals surface area contributed by atoms with E-state index in [1.165, 1.54) is 6.20 Å². The average Bonchev–Trinajstić information content (AvgIpc) is 2.92. The van der Waals surface area contributed by atoms with E-state index in [2.05, 4.69) is 18.6 Å². The van der Waals surface area contributed by atoms with E-state index >= 15 is 0 Å². The van der Waals surface area contributed by atoms with Gasteiger partial charge in [-0.05, 0) is 12.8 Å². The fourth-order valence-corrected chi connectivity index (χ4v) is 3.87. The minimum absolute atomic E-state index is 0.0733. The molecule has 0 amide bonds. The second-order valence-corrected chi connectivity index (χ2v) is 7.56. The summed E-state index contributed by atoms with van der Waals surface area (Å²) in [5.41, 5.74) is -0.862. The van der Waals surface area contributed by atoms with Crippen LogP contribution in [0.4, 0.5) is 0 Å². The average molecular weight is 404 g/mol. The molecule has 0 spiro atoms. The minimum atomic E-state index is -2.81. The predicted molar refractivity (Wildman–Crippen MR) is 82.3 cm³/mol. The summed E-state index contributed by atoms with van der Waals surface area (Å²) in [5, 5.41) is 0. The summed E-state index contributed by atoms with van der Waals surface area (Å²) in [6, 6.07) is 0. The summed E-state index contributed by atoms with van der Waals surface area (Å²) in [5.74, 6) is 0. The molecule has 1 aliphatic heterocycles. The van der Waals surface area contributed by atoms with Crippen LogP contribution in [-0.2, 0) is 17.9 Å². The molecule has 6 N–H and O–H groups in total. The summed E-state index contributed by atoms with van der Waals surface area (Å²) in [6.45, 7) is -0.0733. The molecular weight excluding hydrogens is 389 g/mol. The van der Waals surface area contributed by atoms with E-state index in [0.29, 0.717) is 12.8 Å². The molecule has 0 radical (unpaired) electrons. The molecular formula is C9H15N2O10P3. The molecule has 0 aromatic carbocycles. The smallest absolute Gasteiger partial charge is 0.344 e. The Balaban J connectivity index is 1.77. The van der Waals surface area contributed by atoms with Crippen LogP contribution < -0.4 is 11.2 Å². The fraction of sp³-hybridized carbons (Fsp3) is 0.556. The van der Waals surface area contributed by atoms with Gasteiger partial charge < -0.3 is 33.8 Å². The van der Waals surface area contributed by atoms with Crippen molar-refractivity contribution >= 4 is 25.8 Å². The third kappa shape index (κ3) is 6.18. The van der Waals surface area contributed by atoms with Crippen LogP contribution in [0.5, 0.6) is 0 Å². The van der Waals surface area contributed by atoms with Crippen LogP contribution in [0.25, 0.3) is 0 Å². The maximum Gasteiger partial charge on any atom is 0.344 e. The van der Waals surface area contributed by atoms with Crippen LogP contribution in [0, 0.1) is 0 Å². The molecule has 0 aliphatic carbocycles. The first-order valence-electron chi connectivity index (χ1n) is 6.47. The summed E-state index contributed by atoms with van der Waals surface area (Å²) < 4.78 is 19.2. The Bertz CT molecular complexity index is 638. The number of rotatable bonds is 8. The van der Waals surface area contributed by atoms with Crippen molar-refractivity contribution in [1.82, 2.24) is 9.97 Å². The molecule has 136 valence electrons. The second kappa shape index (κ2) is 9.38. The number of aromatic nitrogens is 2. The lowest BCUT2D eigenvalue weighted by molar-refractivity contribution is 0.0141. The summed E-state index contributed by atoms with van der Waals surface area (Å²) in [4.78, 5) is 62.7. The van der Waals surface area contributed by atoms with Crippen molar-refractivity contribution in [3.05, 3.63) is 32.6 Å². The quantitative estimate of drug-likeness (QED) is 0.322. The number of hydrogen-bond donors (Lipinski definition) is 6. The molecule has 1 aromatic rings.